The van der Waals surface area contributed by atoms with Crippen LogP contribution in [0.4, 0.5) is 29.3 Å². The van der Waals surface area contributed by atoms with Gasteiger partial charge < -0.3 is 9.47 Å². The third-order valence-corrected chi connectivity index (χ3v) is 9.06. The lowest BCUT2D eigenvalue weighted by molar-refractivity contribution is -0.242. The highest BCUT2D eigenvalue weighted by atomic mass is 35.5. The SMILES string of the molecule is CCn1cc(S(=O)(=O)N2CC(CC(C)C(C)=NS(C)=O)Oc3ccc(NC(=O)OC(C)(C)C(F)(F)F)cc32)c(Cl)n1. The topological polar surface area (TPSA) is 132 Å². The number of nitrogens with zero attached hydrogens (tertiary/aromatic N) is 4. The summed E-state index contributed by atoms with van der Waals surface area (Å²) in [5, 5.41) is 5.97. The molecule has 11 nitrogen and oxygen atoms in total. The zero-order chi connectivity index (χ0) is 30.9. The summed E-state index contributed by atoms with van der Waals surface area (Å²) in [6.07, 6.45) is -3.83. The molecule has 2 aromatic rings. The summed E-state index contributed by atoms with van der Waals surface area (Å²) in [4.78, 5) is 12.0. The van der Waals surface area contributed by atoms with Crippen LogP contribution in [0.3, 0.4) is 0 Å². The molecule has 0 saturated heterocycles. The maximum absolute atomic E-state index is 13.9. The van der Waals surface area contributed by atoms with Crippen LogP contribution in [0, 0.1) is 5.92 Å². The minimum atomic E-state index is -4.82. The summed E-state index contributed by atoms with van der Waals surface area (Å²) in [6.45, 7) is 6.90. The number of anilines is 2. The van der Waals surface area contributed by atoms with E-state index in [1.54, 1.807) is 13.8 Å². The molecule has 1 aromatic carbocycles. The van der Waals surface area contributed by atoms with E-state index in [1.165, 1.54) is 35.3 Å². The minimum Gasteiger partial charge on any atom is -0.486 e. The molecule has 1 N–H and O–H groups in total. The van der Waals surface area contributed by atoms with Gasteiger partial charge in [0, 0.05) is 30.4 Å². The zero-order valence-corrected chi connectivity index (χ0v) is 25.5. The summed E-state index contributed by atoms with van der Waals surface area (Å²) >= 11 is 6.18. The smallest absolute Gasteiger partial charge is 0.427 e. The van der Waals surface area contributed by atoms with E-state index in [9.17, 15) is 30.6 Å². The van der Waals surface area contributed by atoms with E-state index < -0.39 is 45.0 Å². The Kier molecular flexibility index (Phi) is 9.70. The van der Waals surface area contributed by atoms with Crippen LogP contribution in [0.15, 0.2) is 33.7 Å². The van der Waals surface area contributed by atoms with Gasteiger partial charge in [-0.3, -0.25) is 14.3 Å². The van der Waals surface area contributed by atoms with Crippen LogP contribution >= 0.6 is 11.6 Å². The van der Waals surface area contributed by atoms with Crippen molar-refractivity contribution in [3.63, 3.8) is 0 Å². The van der Waals surface area contributed by atoms with Crippen molar-refractivity contribution < 1.29 is 40.1 Å². The van der Waals surface area contributed by atoms with Crippen LogP contribution < -0.4 is 14.4 Å². The van der Waals surface area contributed by atoms with Crippen molar-refractivity contribution in [1.29, 1.82) is 0 Å². The first kappa shape index (κ1) is 32.7. The van der Waals surface area contributed by atoms with Gasteiger partial charge in [0.15, 0.2) is 5.15 Å². The number of hydrogen-bond donors (Lipinski definition) is 1. The number of halogens is 4. The molecule has 0 radical (unpaired) electrons. The number of ether oxygens (including phenoxy) is 2. The van der Waals surface area contributed by atoms with Gasteiger partial charge in [-0.1, -0.05) is 18.5 Å². The number of fused-ring (bicyclic) bond motifs is 1. The summed E-state index contributed by atoms with van der Waals surface area (Å²) in [5.74, 6) is -0.0756. The first-order valence-electron chi connectivity index (χ1n) is 12.4. The average Bonchev–Trinajstić information content (AvgIpc) is 3.23. The molecule has 2 heterocycles. The Morgan fingerprint density at radius 2 is 2.02 bits per heavy atom. The minimum absolute atomic E-state index is 0.0159. The van der Waals surface area contributed by atoms with Gasteiger partial charge in [-0.05, 0) is 58.2 Å². The van der Waals surface area contributed by atoms with Crippen molar-refractivity contribution in [2.75, 3.05) is 22.4 Å². The Hall–Kier alpha value is -2.85. The summed E-state index contributed by atoms with van der Waals surface area (Å²) < 4.78 is 95.9. The molecule has 1 aliphatic heterocycles. The Morgan fingerprint density at radius 1 is 1.37 bits per heavy atom. The third-order valence-electron chi connectivity index (χ3n) is 6.35. The molecule has 3 unspecified atom stereocenters. The number of rotatable bonds is 9. The second kappa shape index (κ2) is 12.2. The second-order valence-corrected chi connectivity index (χ2v) is 13.1. The molecule has 0 aliphatic carbocycles. The zero-order valence-electron chi connectivity index (χ0n) is 23.2. The highest BCUT2D eigenvalue weighted by Gasteiger charge is 2.51. The van der Waals surface area contributed by atoms with Crippen LogP contribution in [0.2, 0.25) is 5.15 Å². The van der Waals surface area contributed by atoms with Crippen LogP contribution in [0.25, 0.3) is 0 Å². The second-order valence-electron chi connectivity index (χ2n) is 9.91. The van der Waals surface area contributed by atoms with Gasteiger partial charge in [-0.15, -0.1) is 0 Å². The lowest BCUT2D eigenvalue weighted by Crippen LogP contribution is -2.45. The van der Waals surface area contributed by atoms with Gasteiger partial charge in [0.05, 0.1) is 12.2 Å². The Balaban J connectivity index is 2.00. The molecule has 1 amide bonds. The fourth-order valence-corrected chi connectivity index (χ4v) is 6.40. The Labute approximate surface area is 243 Å². The van der Waals surface area contributed by atoms with Gasteiger partial charge in [0.2, 0.25) is 5.60 Å². The highest BCUT2D eigenvalue weighted by Crippen LogP contribution is 2.41. The van der Waals surface area contributed by atoms with E-state index in [-0.39, 0.29) is 39.6 Å². The largest absolute Gasteiger partial charge is 0.486 e. The van der Waals surface area contributed by atoms with Gasteiger partial charge in [-0.2, -0.15) is 22.7 Å². The van der Waals surface area contributed by atoms with Crippen LogP contribution in [-0.2, 0) is 32.3 Å². The molecule has 3 rings (SSSR count). The van der Waals surface area contributed by atoms with E-state index in [2.05, 4.69) is 19.6 Å². The average molecular weight is 642 g/mol. The van der Waals surface area contributed by atoms with Crippen molar-refractivity contribution in [2.45, 2.75) is 70.4 Å². The third kappa shape index (κ3) is 7.52. The molecule has 228 valence electrons. The summed E-state index contributed by atoms with van der Waals surface area (Å²) in [5.41, 5.74) is -2.19. The molecule has 41 heavy (non-hydrogen) atoms. The number of aryl methyl sites for hydroxylation is 1. The maximum Gasteiger partial charge on any atom is 0.427 e. The number of nitrogens with one attached hydrogen (secondary N) is 1. The monoisotopic (exact) mass is 641 g/mol. The molecular weight excluding hydrogens is 611 g/mol. The van der Waals surface area contributed by atoms with Crippen molar-refractivity contribution in [3.8, 4) is 5.75 Å². The molecular formula is C24H31ClF3N5O6S2. The first-order valence-corrected chi connectivity index (χ1v) is 15.7. The number of benzene rings is 1. The van der Waals surface area contributed by atoms with Crippen molar-refractivity contribution >= 4 is 55.8 Å². The molecule has 1 aliphatic rings. The fraction of sp³-hybridized carbons (Fsp3) is 0.542. The normalized spacial score (nSPS) is 17.9. The number of alkyl halides is 3. The van der Waals surface area contributed by atoms with Gasteiger partial charge in [0.1, 0.15) is 27.7 Å². The van der Waals surface area contributed by atoms with Gasteiger partial charge in [0.25, 0.3) is 10.0 Å². The van der Waals surface area contributed by atoms with E-state index in [4.69, 9.17) is 16.3 Å². The maximum atomic E-state index is 13.9. The number of sulfonamides is 1. The Morgan fingerprint density at radius 3 is 2.59 bits per heavy atom. The molecule has 1 aromatic heterocycles. The highest BCUT2D eigenvalue weighted by molar-refractivity contribution is 7.93. The number of hydrogen-bond acceptors (Lipinski definition) is 7. The molecule has 0 spiro atoms. The first-order chi connectivity index (χ1) is 18.9. The number of aromatic nitrogens is 2. The molecule has 0 fully saturated rings. The number of amides is 1. The van der Waals surface area contributed by atoms with Crippen LogP contribution in [-0.4, -0.2) is 64.9 Å². The Bertz CT molecular complexity index is 1460. The van der Waals surface area contributed by atoms with Crippen molar-refractivity contribution in [3.05, 3.63) is 29.5 Å². The van der Waals surface area contributed by atoms with Crippen molar-refractivity contribution in [2.24, 2.45) is 10.3 Å². The summed E-state index contributed by atoms with van der Waals surface area (Å²) in [7, 11) is -5.75. The van der Waals surface area contributed by atoms with E-state index in [1.807, 2.05) is 6.92 Å². The van der Waals surface area contributed by atoms with Gasteiger partial charge >= 0.3 is 12.3 Å². The van der Waals surface area contributed by atoms with Crippen LogP contribution in [0.1, 0.15) is 41.0 Å². The predicted octanol–water partition coefficient (Wildman–Crippen LogP) is 5.18. The molecule has 0 bridgehead atoms. The lowest BCUT2D eigenvalue weighted by Gasteiger charge is -2.36. The quantitative estimate of drug-likeness (QED) is 0.373. The predicted molar refractivity (Wildman–Crippen MR) is 149 cm³/mol. The molecule has 3 atom stereocenters. The fourth-order valence-electron chi connectivity index (χ4n) is 3.86. The van der Waals surface area contributed by atoms with Crippen LogP contribution in [0.5, 0.6) is 5.75 Å². The number of carbonyl (C=O) groups is 1. The number of carbonyl (C=O) groups excluding carboxylic acids is 1. The molecule has 17 heteroatoms. The standard InChI is InChI=1S/C24H31ClF3N5O6S2/c1-7-32-13-20(21(25)30-32)41(36,37)33-12-17(10-14(2)15(3)31-40(6)35)38-19-9-8-16(11-18(19)33)29-22(34)39-23(4,5)24(26,27)28/h8-9,11,13-14,17H,7,10,12H2,1-6H3,(H,29,34). The molecule has 0 saturated carbocycles. The summed E-state index contributed by atoms with van der Waals surface area (Å²) in [6, 6.07) is 3.98. The lowest BCUT2D eigenvalue weighted by atomic mass is 9.98. The van der Waals surface area contributed by atoms with E-state index >= 15 is 0 Å². The van der Waals surface area contributed by atoms with Crippen molar-refractivity contribution in [1.82, 2.24) is 9.78 Å². The van der Waals surface area contributed by atoms with E-state index in [0.29, 0.717) is 32.5 Å². The van der Waals surface area contributed by atoms with Gasteiger partial charge in [-0.25, -0.2) is 17.4 Å². The van der Waals surface area contributed by atoms with E-state index in [0.717, 1.165) is 4.31 Å².